The van der Waals surface area contributed by atoms with E-state index in [1.165, 1.54) is 25.7 Å². The fourth-order valence-corrected chi connectivity index (χ4v) is 2.00. The number of rotatable bonds is 10. The molecule has 0 saturated carbocycles. The highest BCUT2D eigenvalue weighted by molar-refractivity contribution is 4.89. The summed E-state index contributed by atoms with van der Waals surface area (Å²) in [6.07, 6.45) is 10.6. The molecule has 2 N–H and O–H groups in total. The first-order valence-corrected chi connectivity index (χ1v) is 7.19. The Hall–Kier alpha value is -0.340. The van der Waals surface area contributed by atoms with Gasteiger partial charge in [0.25, 0.3) is 0 Å². The standard InChI is InChI=1S/C15H31NO/c1-5-7-8-9-10-11-13(3)15(6-2)12-16-14(4)17/h10-11,13-17H,5-9,12H2,1-4H3/b11-10-/t13?,14-,15?/m1/s1. The number of hydrogen-bond donors (Lipinski definition) is 2. The number of aliphatic hydroxyl groups is 1. The van der Waals surface area contributed by atoms with Crippen LogP contribution in [0.15, 0.2) is 12.2 Å². The third-order valence-electron chi connectivity index (χ3n) is 3.36. The van der Waals surface area contributed by atoms with Gasteiger partial charge in [-0.15, -0.1) is 0 Å². The molecule has 2 unspecified atom stereocenters. The van der Waals surface area contributed by atoms with Gasteiger partial charge < -0.3 is 5.11 Å². The lowest BCUT2D eigenvalue weighted by molar-refractivity contribution is 0.145. The van der Waals surface area contributed by atoms with Gasteiger partial charge in [0.05, 0.1) is 0 Å². The van der Waals surface area contributed by atoms with E-state index in [-0.39, 0.29) is 0 Å². The highest BCUT2D eigenvalue weighted by Crippen LogP contribution is 2.17. The number of nitrogens with one attached hydrogen (secondary N) is 1. The molecule has 0 aliphatic carbocycles. The molecule has 17 heavy (non-hydrogen) atoms. The monoisotopic (exact) mass is 241 g/mol. The van der Waals surface area contributed by atoms with Crippen LogP contribution in [-0.4, -0.2) is 17.9 Å². The summed E-state index contributed by atoms with van der Waals surface area (Å²) in [5.74, 6) is 1.21. The Morgan fingerprint density at radius 1 is 1.18 bits per heavy atom. The minimum Gasteiger partial charge on any atom is -0.379 e. The summed E-state index contributed by atoms with van der Waals surface area (Å²) in [6, 6.07) is 0. The van der Waals surface area contributed by atoms with Gasteiger partial charge in [-0.2, -0.15) is 0 Å². The molecule has 0 aromatic heterocycles. The van der Waals surface area contributed by atoms with Gasteiger partial charge in [-0.3, -0.25) is 5.32 Å². The molecule has 2 nitrogen and oxygen atoms in total. The first-order valence-electron chi connectivity index (χ1n) is 7.19. The molecule has 0 aromatic rings. The van der Waals surface area contributed by atoms with E-state index in [4.69, 9.17) is 0 Å². The molecule has 0 aliphatic heterocycles. The van der Waals surface area contributed by atoms with Crippen molar-refractivity contribution in [2.75, 3.05) is 6.54 Å². The predicted octanol–water partition coefficient (Wildman–Crippen LogP) is 3.71. The van der Waals surface area contributed by atoms with Crippen molar-refractivity contribution in [3.63, 3.8) is 0 Å². The molecule has 3 atom stereocenters. The molecular formula is C15H31NO. The van der Waals surface area contributed by atoms with Crippen LogP contribution >= 0.6 is 0 Å². The number of allylic oxidation sites excluding steroid dienone is 2. The summed E-state index contributed by atoms with van der Waals surface area (Å²) in [7, 11) is 0. The molecule has 102 valence electrons. The van der Waals surface area contributed by atoms with Gasteiger partial charge in [0, 0.05) is 6.54 Å². The Morgan fingerprint density at radius 2 is 1.88 bits per heavy atom. The molecule has 0 saturated heterocycles. The Balaban J connectivity index is 3.85. The molecule has 0 bridgehead atoms. The van der Waals surface area contributed by atoms with Gasteiger partial charge in [-0.25, -0.2) is 0 Å². The van der Waals surface area contributed by atoms with Gasteiger partial charge in [-0.05, 0) is 31.6 Å². The Morgan fingerprint density at radius 3 is 2.41 bits per heavy atom. The van der Waals surface area contributed by atoms with Gasteiger partial charge in [0.15, 0.2) is 0 Å². The molecule has 0 aliphatic rings. The second-order valence-corrected chi connectivity index (χ2v) is 5.04. The predicted molar refractivity (Wildman–Crippen MR) is 75.9 cm³/mol. The van der Waals surface area contributed by atoms with Crippen LogP contribution < -0.4 is 5.32 Å². The lowest BCUT2D eigenvalue weighted by Gasteiger charge is -2.21. The van der Waals surface area contributed by atoms with Crippen LogP contribution in [0.5, 0.6) is 0 Å². The maximum atomic E-state index is 9.22. The van der Waals surface area contributed by atoms with Crippen molar-refractivity contribution in [2.45, 2.75) is 66.0 Å². The topological polar surface area (TPSA) is 32.3 Å². The Labute approximate surface area is 108 Å². The van der Waals surface area contributed by atoms with Crippen LogP contribution in [-0.2, 0) is 0 Å². The van der Waals surface area contributed by atoms with Crippen molar-refractivity contribution in [3.05, 3.63) is 12.2 Å². The van der Waals surface area contributed by atoms with Crippen LogP contribution in [0.25, 0.3) is 0 Å². The molecule has 0 radical (unpaired) electrons. The number of unbranched alkanes of at least 4 members (excludes halogenated alkanes) is 3. The third-order valence-corrected chi connectivity index (χ3v) is 3.36. The van der Waals surface area contributed by atoms with Crippen LogP contribution in [0.1, 0.15) is 59.8 Å². The van der Waals surface area contributed by atoms with Gasteiger partial charge in [0.1, 0.15) is 6.23 Å². The lowest BCUT2D eigenvalue weighted by Crippen LogP contribution is -2.32. The van der Waals surface area contributed by atoms with E-state index in [1.807, 2.05) is 0 Å². The van der Waals surface area contributed by atoms with Crippen molar-refractivity contribution in [1.82, 2.24) is 5.32 Å². The second kappa shape index (κ2) is 10.8. The van der Waals surface area contributed by atoms with Crippen LogP contribution in [0, 0.1) is 11.8 Å². The van der Waals surface area contributed by atoms with Crippen LogP contribution in [0.4, 0.5) is 0 Å². The van der Waals surface area contributed by atoms with E-state index < -0.39 is 6.23 Å². The van der Waals surface area contributed by atoms with E-state index in [1.54, 1.807) is 6.92 Å². The fourth-order valence-electron chi connectivity index (χ4n) is 2.00. The van der Waals surface area contributed by atoms with E-state index in [9.17, 15) is 5.11 Å². The largest absolute Gasteiger partial charge is 0.379 e. The SMILES string of the molecule is CCCCC/C=C\C(C)C(CC)CN[C@@H](C)O. The minimum atomic E-state index is -0.398. The molecule has 0 fully saturated rings. The molecule has 2 heteroatoms. The maximum absolute atomic E-state index is 9.22. The van der Waals surface area contributed by atoms with E-state index in [0.717, 1.165) is 13.0 Å². The van der Waals surface area contributed by atoms with Crippen molar-refractivity contribution < 1.29 is 5.11 Å². The fraction of sp³-hybridized carbons (Fsp3) is 0.867. The zero-order valence-electron chi connectivity index (χ0n) is 12.1. The van der Waals surface area contributed by atoms with E-state index in [0.29, 0.717) is 11.8 Å². The highest BCUT2D eigenvalue weighted by Gasteiger charge is 2.12. The van der Waals surface area contributed by atoms with Crippen molar-refractivity contribution >= 4 is 0 Å². The quantitative estimate of drug-likeness (QED) is 0.347. The molecule has 0 spiro atoms. The van der Waals surface area contributed by atoms with Crippen LogP contribution in [0.3, 0.4) is 0 Å². The molecule has 0 aromatic carbocycles. The van der Waals surface area contributed by atoms with Crippen molar-refractivity contribution in [3.8, 4) is 0 Å². The summed E-state index contributed by atoms with van der Waals surface area (Å²) >= 11 is 0. The average Bonchev–Trinajstić information content (AvgIpc) is 2.29. The molecule has 0 heterocycles. The highest BCUT2D eigenvalue weighted by atomic mass is 16.3. The van der Waals surface area contributed by atoms with E-state index >= 15 is 0 Å². The van der Waals surface area contributed by atoms with Gasteiger partial charge in [-0.1, -0.05) is 52.2 Å². The van der Waals surface area contributed by atoms with Crippen LogP contribution in [0.2, 0.25) is 0 Å². The smallest absolute Gasteiger partial charge is 0.102 e. The number of aliphatic hydroxyl groups excluding tert-OH is 1. The summed E-state index contributed by atoms with van der Waals surface area (Å²) < 4.78 is 0. The summed E-state index contributed by atoms with van der Waals surface area (Å²) in [4.78, 5) is 0. The summed E-state index contributed by atoms with van der Waals surface area (Å²) in [5.41, 5.74) is 0. The Bertz CT molecular complexity index is 189. The first-order chi connectivity index (χ1) is 8.11. The average molecular weight is 241 g/mol. The summed E-state index contributed by atoms with van der Waals surface area (Å²) in [5, 5.41) is 12.3. The Kier molecular flexibility index (Phi) is 10.6. The molecule has 0 rings (SSSR count). The van der Waals surface area contributed by atoms with Crippen molar-refractivity contribution in [2.24, 2.45) is 11.8 Å². The van der Waals surface area contributed by atoms with Gasteiger partial charge in [0.2, 0.25) is 0 Å². The summed E-state index contributed by atoms with van der Waals surface area (Å²) in [6.45, 7) is 9.40. The number of hydrogen-bond acceptors (Lipinski definition) is 2. The van der Waals surface area contributed by atoms with E-state index in [2.05, 4.69) is 38.2 Å². The molecule has 0 amide bonds. The second-order valence-electron chi connectivity index (χ2n) is 5.04. The maximum Gasteiger partial charge on any atom is 0.102 e. The van der Waals surface area contributed by atoms with Crippen molar-refractivity contribution in [1.29, 1.82) is 0 Å². The minimum absolute atomic E-state index is 0.398. The van der Waals surface area contributed by atoms with Gasteiger partial charge >= 0.3 is 0 Å². The lowest BCUT2D eigenvalue weighted by atomic mass is 9.91. The first kappa shape index (κ1) is 16.7. The third kappa shape index (κ3) is 9.37. The zero-order valence-corrected chi connectivity index (χ0v) is 12.1. The molecular weight excluding hydrogens is 210 g/mol. The normalized spacial score (nSPS) is 17.2. The zero-order chi connectivity index (χ0) is 13.1.